The highest BCUT2D eigenvalue weighted by molar-refractivity contribution is 5.84. The molecule has 3 aromatic rings. The van der Waals surface area contributed by atoms with E-state index in [-0.39, 0.29) is 0 Å². The molecule has 0 aliphatic heterocycles. The molecule has 0 aliphatic rings. The van der Waals surface area contributed by atoms with Gasteiger partial charge in [-0.05, 0) is 36.2 Å². The van der Waals surface area contributed by atoms with Crippen LogP contribution < -0.4 is 5.73 Å². The highest BCUT2D eigenvalue weighted by Gasteiger charge is 2.09. The van der Waals surface area contributed by atoms with Crippen LogP contribution in [0.15, 0.2) is 54.7 Å². The molecule has 0 spiro atoms. The highest BCUT2D eigenvalue weighted by Crippen LogP contribution is 2.23. The van der Waals surface area contributed by atoms with Gasteiger partial charge in [0.15, 0.2) is 0 Å². The first-order chi connectivity index (χ1) is 10.3. The van der Waals surface area contributed by atoms with Crippen molar-refractivity contribution in [2.24, 2.45) is 5.73 Å². The second-order valence-electron chi connectivity index (χ2n) is 5.11. The van der Waals surface area contributed by atoms with E-state index in [4.69, 9.17) is 5.73 Å². The maximum absolute atomic E-state index is 9.22. The van der Waals surface area contributed by atoms with Gasteiger partial charge in [0.25, 0.3) is 0 Å². The Balaban J connectivity index is 2.07. The Hall–Kier alpha value is -2.57. The molecule has 0 saturated carbocycles. The number of nitriles is 1. The van der Waals surface area contributed by atoms with Crippen molar-refractivity contribution < 1.29 is 0 Å². The van der Waals surface area contributed by atoms with Crippen molar-refractivity contribution in [2.45, 2.75) is 13.0 Å². The molecule has 1 aromatic heterocycles. The fourth-order valence-electron chi connectivity index (χ4n) is 2.76. The summed E-state index contributed by atoms with van der Waals surface area (Å²) in [5.74, 6) is 0. The monoisotopic (exact) mass is 275 g/mol. The van der Waals surface area contributed by atoms with E-state index in [1.165, 1.54) is 16.5 Å². The predicted molar refractivity (Wildman–Crippen MR) is 85.0 cm³/mol. The van der Waals surface area contributed by atoms with E-state index in [2.05, 4.69) is 35.0 Å². The summed E-state index contributed by atoms with van der Waals surface area (Å²) in [5.41, 5.74) is 9.94. The Morgan fingerprint density at radius 2 is 1.76 bits per heavy atom. The lowest BCUT2D eigenvalue weighted by Gasteiger charge is -2.07. The van der Waals surface area contributed by atoms with Crippen LogP contribution in [0.2, 0.25) is 0 Å². The van der Waals surface area contributed by atoms with Gasteiger partial charge in [0, 0.05) is 23.6 Å². The van der Waals surface area contributed by atoms with Crippen LogP contribution in [0.1, 0.15) is 16.7 Å². The topological polar surface area (TPSA) is 54.7 Å². The lowest BCUT2D eigenvalue weighted by molar-refractivity contribution is 0.825. The van der Waals surface area contributed by atoms with Gasteiger partial charge in [-0.25, -0.2) is 0 Å². The van der Waals surface area contributed by atoms with Crippen LogP contribution >= 0.6 is 0 Å². The van der Waals surface area contributed by atoms with Gasteiger partial charge in [0.05, 0.1) is 11.6 Å². The fraction of sp³-hybridized carbons (Fsp3) is 0.167. The summed E-state index contributed by atoms with van der Waals surface area (Å²) < 4.78 is 2.20. The highest BCUT2D eigenvalue weighted by atomic mass is 15.0. The summed E-state index contributed by atoms with van der Waals surface area (Å²) in [7, 11) is 0. The van der Waals surface area contributed by atoms with E-state index in [1.54, 1.807) is 0 Å². The molecule has 0 unspecified atom stereocenters. The zero-order valence-corrected chi connectivity index (χ0v) is 11.8. The lowest BCUT2D eigenvalue weighted by atomic mass is 10.1. The molecular weight excluding hydrogens is 258 g/mol. The summed E-state index contributed by atoms with van der Waals surface area (Å²) in [6, 6.07) is 18.4. The largest absolute Gasteiger partial charge is 0.343 e. The molecule has 0 fully saturated rings. The summed E-state index contributed by atoms with van der Waals surface area (Å²) in [4.78, 5) is 0. The molecule has 0 aliphatic carbocycles. The Kier molecular flexibility index (Phi) is 3.72. The minimum atomic E-state index is 0.642. The average molecular weight is 275 g/mol. The minimum Gasteiger partial charge on any atom is -0.343 e. The molecular formula is C18H17N3. The Bertz CT molecular complexity index is 809. The van der Waals surface area contributed by atoms with Gasteiger partial charge in [-0.2, -0.15) is 5.26 Å². The summed E-state index contributed by atoms with van der Waals surface area (Å²) in [6.07, 6.45) is 3.03. The Morgan fingerprint density at radius 3 is 2.57 bits per heavy atom. The fourth-order valence-corrected chi connectivity index (χ4v) is 2.76. The molecule has 0 radical (unpaired) electrons. The molecule has 1 heterocycles. The predicted octanol–water partition coefficient (Wildman–Crippen LogP) is 3.06. The third-order valence-corrected chi connectivity index (χ3v) is 3.76. The standard InChI is InChI=1S/C18H17N3/c19-10-9-16-13-21(18-8-4-3-7-17(16)18)12-15-6-2-1-5-14(15)11-20/h1-8,13H,9-10,12,19H2. The van der Waals surface area contributed by atoms with Gasteiger partial charge in [0.1, 0.15) is 0 Å². The van der Waals surface area contributed by atoms with Crippen LogP contribution in [-0.2, 0) is 13.0 Å². The van der Waals surface area contributed by atoms with Crippen LogP contribution in [0.5, 0.6) is 0 Å². The molecule has 0 bridgehead atoms. The molecule has 3 heteroatoms. The quantitative estimate of drug-likeness (QED) is 0.795. The number of benzene rings is 2. The second kappa shape index (κ2) is 5.82. The van der Waals surface area contributed by atoms with Crippen molar-refractivity contribution >= 4 is 10.9 Å². The van der Waals surface area contributed by atoms with E-state index in [0.29, 0.717) is 13.1 Å². The molecule has 3 nitrogen and oxygen atoms in total. The number of hydrogen-bond donors (Lipinski definition) is 1. The van der Waals surface area contributed by atoms with Gasteiger partial charge in [-0.3, -0.25) is 0 Å². The number of rotatable bonds is 4. The normalized spacial score (nSPS) is 10.7. The van der Waals surface area contributed by atoms with Crippen LogP contribution in [0.3, 0.4) is 0 Å². The minimum absolute atomic E-state index is 0.642. The van der Waals surface area contributed by atoms with E-state index in [0.717, 1.165) is 17.5 Å². The molecule has 21 heavy (non-hydrogen) atoms. The maximum atomic E-state index is 9.22. The van der Waals surface area contributed by atoms with Gasteiger partial charge in [-0.1, -0.05) is 36.4 Å². The summed E-state index contributed by atoms with van der Waals surface area (Å²) >= 11 is 0. The van der Waals surface area contributed by atoms with Crippen LogP contribution in [0.25, 0.3) is 10.9 Å². The zero-order valence-electron chi connectivity index (χ0n) is 11.8. The molecule has 0 amide bonds. The number of hydrogen-bond acceptors (Lipinski definition) is 2. The first-order valence-electron chi connectivity index (χ1n) is 7.08. The Labute approximate surface area is 124 Å². The number of para-hydroxylation sites is 1. The number of nitrogens with two attached hydrogens (primary N) is 1. The Morgan fingerprint density at radius 1 is 1.00 bits per heavy atom. The van der Waals surface area contributed by atoms with Gasteiger partial charge in [-0.15, -0.1) is 0 Å². The van der Waals surface area contributed by atoms with Crippen molar-refractivity contribution in [1.29, 1.82) is 5.26 Å². The molecule has 2 N–H and O–H groups in total. The van der Waals surface area contributed by atoms with Crippen molar-refractivity contribution in [2.75, 3.05) is 6.54 Å². The van der Waals surface area contributed by atoms with E-state index in [9.17, 15) is 5.26 Å². The first-order valence-corrected chi connectivity index (χ1v) is 7.08. The molecule has 0 atom stereocenters. The van der Waals surface area contributed by atoms with Crippen LogP contribution in [-0.4, -0.2) is 11.1 Å². The van der Waals surface area contributed by atoms with Crippen molar-refractivity contribution in [3.05, 3.63) is 71.4 Å². The van der Waals surface area contributed by atoms with E-state index < -0.39 is 0 Å². The van der Waals surface area contributed by atoms with Gasteiger partial charge < -0.3 is 10.3 Å². The summed E-state index contributed by atoms with van der Waals surface area (Å²) in [5, 5.41) is 10.5. The van der Waals surface area contributed by atoms with E-state index in [1.807, 2.05) is 30.3 Å². The molecule has 3 rings (SSSR count). The SMILES string of the molecule is N#Cc1ccccc1Cn1cc(CCN)c2ccccc21. The average Bonchev–Trinajstić information content (AvgIpc) is 2.87. The van der Waals surface area contributed by atoms with Crippen LogP contribution in [0, 0.1) is 11.3 Å². The number of nitrogens with zero attached hydrogens (tertiary/aromatic N) is 2. The lowest BCUT2D eigenvalue weighted by Crippen LogP contribution is -2.02. The van der Waals surface area contributed by atoms with E-state index >= 15 is 0 Å². The first kappa shape index (κ1) is 13.4. The second-order valence-corrected chi connectivity index (χ2v) is 5.11. The number of fused-ring (bicyclic) bond motifs is 1. The van der Waals surface area contributed by atoms with Crippen LogP contribution in [0.4, 0.5) is 0 Å². The van der Waals surface area contributed by atoms with Crippen molar-refractivity contribution in [3.8, 4) is 6.07 Å². The van der Waals surface area contributed by atoms with Gasteiger partial charge >= 0.3 is 0 Å². The third-order valence-electron chi connectivity index (χ3n) is 3.76. The zero-order chi connectivity index (χ0) is 14.7. The molecule has 104 valence electrons. The molecule has 0 saturated heterocycles. The summed E-state index contributed by atoms with van der Waals surface area (Å²) in [6.45, 7) is 1.34. The third kappa shape index (κ3) is 2.54. The van der Waals surface area contributed by atoms with Crippen molar-refractivity contribution in [1.82, 2.24) is 4.57 Å². The smallest absolute Gasteiger partial charge is 0.0995 e. The van der Waals surface area contributed by atoms with Gasteiger partial charge in [0.2, 0.25) is 0 Å². The molecule has 2 aromatic carbocycles. The number of aromatic nitrogens is 1. The van der Waals surface area contributed by atoms with Crippen molar-refractivity contribution in [3.63, 3.8) is 0 Å². The maximum Gasteiger partial charge on any atom is 0.0995 e.